The molecule has 1 unspecified atom stereocenters. The zero-order valence-electron chi connectivity index (χ0n) is 10.6. The van der Waals surface area contributed by atoms with Crippen LogP contribution in [0.15, 0.2) is 24.3 Å². The predicted molar refractivity (Wildman–Crippen MR) is 69.9 cm³/mol. The summed E-state index contributed by atoms with van der Waals surface area (Å²) in [6.07, 6.45) is 0.465. The van der Waals surface area contributed by atoms with E-state index in [0.717, 1.165) is 0 Å². The van der Waals surface area contributed by atoms with Crippen molar-refractivity contribution in [2.75, 3.05) is 13.6 Å². The predicted octanol–water partition coefficient (Wildman–Crippen LogP) is 1.32. The van der Waals surface area contributed by atoms with Gasteiger partial charge in [-0.15, -0.1) is 0 Å². The van der Waals surface area contributed by atoms with Crippen LogP contribution in [0.3, 0.4) is 0 Å². The van der Waals surface area contributed by atoms with E-state index in [9.17, 15) is 12.8 Å². The van der Waals surface area contributed by atoms with Crippen molar-refractivity contribution in [1.29, 1.82) is 0 Å². The third kappa shape index (κ3) is 3.51. The van der Waals surface area contributed by atoms with Crippen LogP contribution < -0.4 is 5.73 Å². The molecule has 0 aliphatic rings. The Morgan fingerprint density at radius 2 is 2.11 bits per heavy atom. The van der Waals surface area contributed by atoms with Crippen molar-refractivity contribution in [2.24, 2.45) is 5.73 Å². The average molecular weight is 274 g/mol. The van der Waals surface area contributed by atoms with Crippen LogP contribution in [0, 0.1) is 5.82 Å². The van der Waals surface area contributed by atoms with E-state index in [0.29, 0.717) is 12.0 Å². The third-order valence-electron chi connectivity index (χ3n) is 2.87. The first-order chi connectivity index (χ1) is 8.41. The Morgan fingerprint density at radius 1 is 1.44 bits per heavy atom. The summed E-state index contributed by atoms with van der Waals surface area (Å²) in [7, 11) is -1.94. The molecule has 1 rings (SSSR count). The molecule has 4 nitrogen and oxygen atoms in total. The number of nitrogens with two attached hydrogens (primary N) is 1. The number of rotatable bonds is 6. The number of hydrogen-bond acceptors (Lipinski definition) is 3. The minimum absolute atomic E-state index is 0.0896. The van der Waals surface area contributed by atoms with Gasteiger partial charge in [-0.05, 0) is 24.1 Å². The van der Waals surface area contributed by atoms with Crippen molar-refractivity contribution in [2.45, 2.75) is 25.1 Å². The van der Waals surface area contributed by atoms with Gasteiger partial charge in [0.2, 0.25) is 10.0 Å². The van der Waals surface area contributed by atoms with E-state index < -0.39 is 15.3 Å². The molecule has 1 atom stereocenters. The van der Waals surface area contributed by atoms with Crippen molar-refractivity contribution < 1.29 is 12.8 Å². The molecular formula is C12H19FN2O2S. The van der Waals surface area contributed by atoms with Gasteiger partial charge < -0.3 is 5.73 Å². The Hall–Kier alpha value is -0.980. The van der Waals surface area contributed by atoms with Crippen molar-refractivity contribution >= 4 is 10.0 Å². The summed E-state index contributed by atoms with van der Waals surface area (Å²) < 4.78 is 38.5. The van der Waals surface area contributed by atoms with Crippen LogP contribution in [0.1, 0.15) is 18.9 Å². The van der Waals surface area contributed by atoms with Crippen LogP contribution in [-0.4, -0.2) is 31.6 Å². The number of benzene rings is 1. The maximum atomic E-state index is 13.0. The SMILES string of the molecule is CCC(CN)S(=O)(=O)N(C)Cc1cccc(F)c1. The van der Waals surface area contributed by atoms with Gasteiger partial charge in [-0.2, -0.15) is 0 Å². The summed E-state index contributed by atoms with van der Waals surface area (Å²) in [5, 5.41) is -0.587. The van der Waals surface area contributed by atoms with E-state index in [2.05, 4.69) is 0 Å². The van der Waals surface area contributed by atoms with E-state index >= 15 is 0 Å². The molecular weight excluding hydrogens is 255 g/mol. The fraction of sp³-hybridized carbons (Fsp3) is 0.500. The smallest absolute Gasteiger partial charge is 0.218 e. The van der Waals surface area contributed by atoms with Crippen LogP contribution >= 0.6 is 0 Å². The van der Waals surface area contributed by atoms with Gasteiger partial charge in [0.05, 0.1) is 5.25 Å². The quantitative estimate of drug-likeness (QED) is 0.851. The molecule has 0 aromatic heterocycles. The number of halogens is 1. The second kappa shape index (κ2) is 6.26. The third-order valence-corrected chi connectivity index (χ3v) is 5.23. The highest BCUT2D eigenvalue weighted by Crippen LogP contribution is 2.14. The normalized spacial score (nSPS) is 13.8. The lowest BCUT2D eigenvalue weighted by Gasteiger charge is -2.22. The Labute approximate surface area is 108 Å². The second-order valence-electron chi connectivity index (χ2n) is 4.20. The first-order valence-electron chi connectivity index (χ1n) is 5.81. The van der Waals surface area contributed by atoms with E-state index in [1.807, 2.05) is 0 Å². The van der Waals surface area contributed by atoms with Gasteiger partial charge in [0.25, 0.3) is 0 Å². The van der Waals surface area contributed by atoms with E-state index in [1.54, 1.807) is 19.1 Å². The summed E-state index contributed by atoms with van der Waals surface area (Å²) in [6, 6.07) is 5.91. The molecule has 0 spiro atoms. The fourth-order valence-electron chi connectivity index (χ4n) is 1.74. The van der Waals surface area contributed by atoms with E-state index in [-0.39, 0.29) is 18.9 Å². The highest BCUT2D eigenvalue weighted by Gasteiger charge is 2.27. The number of nitrogens with zero attached hydrogens (tertiary/aromatic N) is 1. The largest absolute Gasteiger partial charge is 0.329 e. The van der Waals surface area contributed by atoms with Crippen molar-refractivity contribution in [3.05, 3.63) is 35.6 Å². The molecule has 18 heavy (non-hydrogen) atoms. The minimum Gasteiger partial charge on any atom is -0.329 e. The highest BCUT2D eigenvalue weighted by atomic mass is 32.2. The average Bonchev–Trinajstić information content (AvgIpc) is 2.30. The van der Waals surface area contributed by atoms with Crippen molar-refractivity contribution in [3.63, 3.8) is 0 Å². The Kier molecular flexibility index (Phi) is 5.25. The lowest BCUT2D eigenvalue weighted by atomic mass is 10.2. The van der Waals surface area contributed by atoms with Gasteiger partial charge in [0.15, 0.2) is 0 Å². The zero-order chi connectivity index (χ0) is 13.8. The molecule has 0 saturated carbocycles. The molecule has 0 radical (unpaired) electrons. The Bertz CT molecular complexity index is 487. The topological polar surface area (TPSA) is 63.4 Å². The van der Waals surface area contributed by atoms with Gasteiger partial charge in [-0.1, -0.05) is 19.1 Å². The van der Waals surface area contributed by atoms with Crippen LogP contribution in [0.4, 0.5) is 4.39 Å². The van der Waals surface area contributed by atoms with Gasteiger partial charge >= 0.3 is 0 Å². The molecule has 0 amide bonds. The maximum absolute atomic E-state index is 13.0. The summed E-state index contributed by atoms with van der Waals surface area (Å²) in [4.78, 5) is 0. The molecule has 0 aliphatic heterocycles. The van der Waals surface area contributed by atoms with E-state index in [4.69, 9.17) is 5.73 Å². The second-order valence-corrected chi connectivity index (χ2v) is 6.52. The summed E-state index contributed by atoms with van der Waals surface area (Å²) >= 11 is 0. The van der Waals surface area contributed by atoms with Gasteiger partial charge in [0.1, 0.15) is 5.82 Å². The molecule has 2 N–H and O–H groups in total. The molecule has 1 aromatic carbocycles. The molecule has 1 aromatic rings. The van der Waals surface area contributed by atoms with Gasteiger partial charge in [-0.3, -0.25) is 0 Å². The molecule has 6 heteroatoms. The standard InChI is InChI=1S/C12H19FN2O2S/c1-3-12(8-14)18(16,17)15(2)9-10-5-4-6-11(13)7-10/h4-7,12H,3,8-9,14H2,1-2H3. The van der Waals surface area contributed by atoms with Crippen LogP contribution in [0.25, 0.3) is 0 Å². The number of sulfonamides is 1. The molecule has 0 fully saturated rings. The zero-order valence-corrected chi connectivity index (χ0v) is 11.5. The van der Waals surface area contributed by atoms with Crippen LogP contribution in [0.2, 0.25) is 0 Å². The van der Waals surface area contributed by atoms with E-state index in [1.165, 1.54) is 23.5 Å². The molecule has 0 saturated heterocycles. The monoisotopic (exact) mass is 274 g/mol. The van der Waals surface area contributed by atoms with Crippen LogP contribution in [0.5, 0.6) is 0 Å². The lowest BCUT2D eigenvalue weighted by Crippen LogP contribution is -2.39. The fourth-order valence-corrected chi connectivity index (χ4v) is 3.24. The summed E-state index contributed by atoms with van der Waals surface area (Å²) in [6.45, 7) is 2.02. The Balaban J connectivity index is 2.85. The Morgan fingerprint density at radius 3 is 2.61 bits per heavy atom. The summed E-state index contributed by atoms with van der Waals surface area (Å²) in [5.74, 6) is -0.371. The first-order valence-corrected chi connectivity index (χ1v) is 7.31. The molecule has 0 heterocycles. The van der Waals surface area contributed by atoms with Gasteiger partial charge in [-0.25, -0.2) is 17.1 Å². The van der Waals surface area contributed by atoms with Crippen LogP contribution in [-0.2, 0) is 16.6 Å². The molecule has 102 valence electrons. The molecule has 0 aliphatic carbocycles. The van der Waals surface area contributed by atoms with Crippen molar-refractivity contribution in [1.82, 2.24) is 4.31 Å². The first kappa shape index (κ1) is 15.1. The van der Waals surface area contributed by atoms with Crippen molar-refractivity contribution in [3.8, 4) is 0 Å². The minimum atomic E-state index is -3.43. The highest BCUT2D eigenvalue weighted by molar-refractivity contribution is 7.89. The van der Waals surface area contributed by atoms with Gasteiger partial charge in [0, 0.05) is 20.1 Å². The lowest BCUT2D eigenvalue weighted by molar-refractivity contribution is 0.452. The maximum Gasteiger partial charge on any atom is 0.218 e. The molecule has 0 bridgehead atoms. The number of hydrogen-bond donors (Lipinski definition) is 1. The summed E-state index contributed by atoms with van der Waals surface area (Å²) in [5.41, 5.74) is 6.08.